The van der Waals surface area contributed by atoms with Gasteiger partial charge >= 0.3 is 12.1 Å². The van der Waals surface area contributed by atoms with Gasteiger partial charge in [0.15, 0.2) is 0 Å². The van der Waals surface area contributed by atoms with Gasteiger partial charge in [0.1, 0.15) is 17.7 Å². The van der Waals surface area contributed by atoms with Gasteiger partial charge in [-0.15, -0.1) is 0 Å². The van der Waals surface area contributed by atoms with E-state index in [1.807, 2.05) is 13.8 Å². The molecular weight excluding hydrogens is 588 g/mol. The minimum Gasteiger partial charge on any atom is -0.465 e. The highest BCUT2D eigenvalue weighted by molar-refractivity contribution is 5.89. The molecule has 0 aromatic rings. The fourth-order valence-corrected chi connectivity index (χ4v) is 6.94. The van der Waals surface area contributed by atoms with E-state index < -0.39 is 23.8 Å². The van der Waals surface area contributed by atoms with Gasteiger partial charge in [-0.25, -0.2) is 4.79 Å². The van der Waals surface area contributed by atoms with Crippen molar-refractivity contribution in [1.82, 2.24) is 21.3 Å². The summed E-state index contributed by atoms with van der Waals surface area (Å²) in [6, 6.07) is -1.94. The van der Waals surface area contributed by atoms with Crippen molar-refractivity contribution in [2.24, 2.45) is 23.7 Å². The van der Waals surface area contributed by atoms with Gasteiger partial charge in [-0.2, -0.15) is 0 Å². The molecular formula is C35H62N4O7. The fourth-order valence-electron chi connectivity index (χ4n) is 6.94. The highest BCUT2D eigenvalue weighted by Crippen LogP contribution is 2.34. The van der Waals surface area contributed by atoms with Crippen LogP contribution in [0.5, 0.6) is 0 Å². The lowest BCUT2D eigenvalue weighted by Gasteiger charge is -2.38. The van der Waals surface area contributed by atoms with E-state index in [1.54, 1.807) is 34.6 Å². The maximum Gasteiger partial charge on any atom is 0.408 e. The predicted octanol–water partition coefficient (Wildman–Crippen LogP) is 5.15. The van der Waals surface area contributed by atoms with E-state index in [4.69, 9.17) is 9.47 Å². The number of ether oxygens (including phenoxy) is 2. The average molecular weight is 651 g/mol. The molecule has 264 valence electrons. The second-order valence-electron chi connectivity index (χ2n) is 14.3. The van der Waals surface area contributed by atoms with Crippen molar-refractivity contribution < 1.29 is 33.4 Å². The topological polar surface area (TPSA) is 152 Å². The zero-order valence-electron chi connectivity index (χ0n) is 29.7. The van der Waals surface area contributed by atoms with E-state index in [2.05, 4.69) is 28.2 Å². The van der Waals surface area contributed by atoms with Crippen LogP contribution in [0.3, 0.4) is 0 Å². The molecule has 8 atom stereocenters. The third kappa shape index (κ3) is 12.4. The molecule has 46 heavy (non-hydrogen) atoms. The molecule has 11 nitrogen and oxygen atoms in total. The summed E-state index contributed by atoms with van der Waals surface area (Å²) in [4.78, 5) is 65.1. The number of alkyl carbamates (subject to hydrolysis) is 1. The summed E-state index contributed by atoms with van der Waals surface area (Å²) >= 11 is 0. The lowest BCUT2D eigenvalue weighted by atomic mass is 9.74. The molecule has 0 radical (unpaired) electrons. The Morgan fingerprint density at radius 3 is 1.65 bits per heavy atom. The maximum atomic E-state index is 13.6. The van der Waals surface area contributed by atoms with Crippen LogP contribution in [0.1, 0.15) is 132 Å². The Hall–Kier alpha value is -2.85. The number of carbonyl (C=O) groups is 5. The van der Waals surface area contributed by atoms with Crippen LogP contribution in [0.4, 0.5) is 4.79 Å². The second-order valence-corrected chi connectivity index (χ2v) is 14.3. The lowest BCUT2D eigenvalue weighted by Crippen LogP contribution is -2.55. The van der Waals surface area contributed by atoms with Crippen LogP contribution in [-0.2, 0) is 28.7 Å². The van der Waals surface area contributed by atoms with Gasteiger partial charge in [0, 0.05) is 18.0 Å². The molecule has 11 heteroatoms. The molecule has 0 spiro atoms. The summed E-state index contributed by atoms with van der Waals surface area (Å²) in [6.07, 6.45) is 9.36. The molecule has 2 fully saturated rings. The maximum absolute atomic E-state index is 13.6. The van der Waals surface area contributed by atoms with E-state index in [1.165, 1.54) is 0 Å². The van der Waals surface area contributed by atoms with Crippen LogP contribution in [0.15, 0.2) is 0 Å². The first-order chi connectivity index (χ1) is 21.7. The Bertz CT molecular complexity index is 1010. The molecule has 4 amide bonds. The van der Waals surface area contributed by atoms with E-state index in [9.17, 15) is 24.0 Å². The first-order valence-corrected chi connectivity index (χ1v) is 17.8. The largest absolute Gasteiger partial charge is 0.465 e. The van der Waals surface area contributed by atoms with Gasteiger partial charge in [-0.1, -0.05) is 52.9 Å². The van der Waals surface area contributed by atoms with Crippen LogP contribution in [0.25, 0.3) is 0 Å². The zero-order chi connectivity index (χ0) is 34.4. The molecule has 0 aromatic heterocycles. The molecule has 0 bridgehead atoms. The lowest BCUT2D eigenvalue weighted by molar-refractivity contribution is -0.152. The van der Waals surface area contributed by atoms with E-state index in [-0.39, 0.29) is 59.4 Å². The number of hydrogen-bond acceptors (Lipinski definition) is 7. The standard InChI is InChI=1S/C35H62N4O7/c1-9-12-21-45-33(43)25(11-3)27-18-14-16-20-29(27)39-30(40)22(4)36-32(42)24(10-2)26-17-13-15-19-28(26)38-31(41)23(5)37-34(44)46-35(6,7)8/h22-29H,9-21H2,1-8H3,(H,36,42)(H,37,44)(H,38,41)(H,39,40)/t22-,23-,24-,25-,26-,27-,28-,29-/m1/s1. The molecule has 4 N–H and O–H groups in total. The first kappa shape index (κ1) is 39.3. The molecule has 2 saturated carbocycles. The Kier molecular flexibility index (Phi) is 16.3. The third-order valence-corrected chi connectivity index (χ3v) is 9.47. The number of amides is 4. The SMILES string of the molecule is CCCCOC(=O)[C@H](CC)[C@H]1CCCC[C@H]1NC(=O)[C@@H](C)NC(=O)[C@H](CC)[C@H]1CCCC[C@H]1NC(=O)[C@@H](C)NC(=O)OC(C)(C)C. The van der Waals surface area contributed by atoms with Crippen molar-refractivity contribution in [2.45, 2.75) is 162 Å². The van der Waals surface area contributed by atoms with E-state index >= 15 is 0 Å². The van der Waals surface area contributed by atoms with Gasteiger partial charge in [0.2, 0.25) is 17.7 Å². The third-order valence-electron chi connectivity index (χ3n) is 9.47. The molecule has 0 aliphatic heterocycles. The molecule has 0 heterocycles. The van der Waals surface area contributed by atoms with Crippen molar-refractivity contribution in [2.75, 3.05) is 6.61 Å². The number of rotatable bonds is 15. The Morgan fingerprint density at radius 2 is 1.17 bits per heavy atom. The molecule has 0 saturated heterocycles. The molecule has 0 aromatic carbocycles. The van der Waals surface area contributed by atoms with Crippen LogP contribution in [-0.4, -0.2) is 66.2 Å². The quantitative estimate of drug-likeness (QED) is 0.141. The smallest absolute Gasteiger partial charge is 0.408 e. The van der Waals surface area contributed by atoms with Crippen molar-refractivity contribution >= 4 is 29.8 Å². The first-order valence-electron chi connectivity index (χ1n) is 17.8. The average Bonchev–Trinajstić information content (AvgIpc) is 2.98. The number of carbonyl (C=O) groups excluding carboxylic acids is 5. The Morgan fingerprint density at radius 1 is 0.696 bits per heavy atom. The number of hydrogen-bond donors (Lipinski definition) is 4. The summed E-state index contributed by atoms with van der Waals surface area (Å²) < 4.78 is 10.8. The van der Waals surface area contributed by atoms with Crippen molar-refractivity contribution in [3.05, 3.63) is 0 Å². The van der Waals surface area contributed by atoms with Crippen LogP contribution in [0, 0.1) is 23.7 Å². The van der Waals surface area contributed by atoms with Crippen LogP contribution >= 0.6 is 0 Å². The summed E-state index contributed by atoms with van der Waals surface area (Å²) in [5.74, 6) is -1.73. The highest BCUT2D eigenvalue weighted by atomic mass is 16.6. The monoisotopic (exact) mass is 650 g/mol. The van der Waals surface area contributed by atoms with E-state index in [0.717, 1.165) is 64.2 Å². The van der Waals surface area contributed by atoms with Crippen molar-refractivity contribution in [1.29, 1.82) is 0 Å². The second kappa shape index (κ2) is 19.1. The summed E-state index contributed by atoms with van der Waals surface area (Å²) in [7, 11) is 0. The molecule has 2 rings (SSSR count). The Labute approximate surface area is 276 Å². The highest BCUT2D eigenvalue weighted by Gasteiger charge is 2.39. The minimum atomic E-state index is -0.802. The molecule has 2 aliphatic carbocycles. The van der Waals surface area contributed by atoms with Crippen molar-refractivity contribution in [3.8, 4) is 0 Å². The minimum absolute atomic E-state index is 0.00178. The number of esters is 1. The van der Waals surface area contributed by atoms with E-state index in [0.29, 0.717) is 19.4 Å². The van der Waals surface area contributed by atoms with Gasteiger partial charge < -0.3 is 30.7 Å². The summed E-state index contributed by atoms with van der Waals surface area (Å²) in [5.41, 5.74) is -0.678. The number of unbranched alkanes of at least 4 members (excludes halogenated alkanes) is 1. The van der Waals surface area contributed by atoms with Gasteiger partial charge in [0.25, 0.3) is 0 Å². The van der Waals surface area contributed by atoms with Gasteiger partial charge in [-0.05, 0) is 91.4 Å². The van der Waals surface area contributed by atoms with Gasteiger partial charge in [0.05, 0.1) is 12.5 Å². The van der Waals surface area contributed by atoms with Crippen LogP contribution < -0.4 is 21.3 Å². The van der Waals surface area contributed by atoms with Gasteiger partial charge in [-0.3, -0.25) is 19.2 Å². The fraction of sp³-hybridized carbons (Fsp3) is 0.857. The zero-order valence-corrected chi connectivity index (χ0v) is 29.7. The normalized spacial score (nSPS) is 24.3. The summed E-state index contributed by atoms with van der Waals surface area (Å²) in [5, 5.41) is 11.8. The molecule has 0 unspecified atom stereocenters. The predicted molar refractivity (Wildman–Crippen MR) is 178 cm³/mol. The molecule has 2 aliphatic rings. The number of nitrogens with one attached hydrogen (secondary N) is 4. The van der Waals surface area contributed by atoms with Crippen molar-refractivity contribution in [3.63, 3.8) is 0 Å². The Balaban J connectivity index is 2.01. The van der Waals surface area contributed by atoms with Crippen LogP contribution in [0.2, 0.25) is 0 Å². The summed E-state index contributed by atoms with van der Waals surface area (Å²) in [6.45, 7) is 15.0.